The Kier molecular flexibility index (Phi) is 5.79. The van der Waals surface area contributed by atoms with Crippen LogP contribution in [0, 0.1) is 12.3 Å². The number of carbonyl (C=O) groups excluding carboxylic acids is 1. The number of hydrogen-bond donors (Lipinski definition) is 0. The fraction of sp³-hybridized carbons (Fsp3) is 0.478. The molecule has 0 N–H and O–H groups in total. The van der Waals surface area contributed by atoms with E-state index in [0.29, 0.717) is 19.4 Å². The van der Waals surface area contributed by atoms with Crippen molar-refractivity contribution in [3.8, 4) is 0 Å². The number of unbranched alkanes of at least 4 members (excludes halogenated alkanes) is 1. The second kappa shape index (κ2) is 8.24. The number of piperidine rings is 1. The number of aromatic nitrogens is 2. The highest BCUT2D eigenvalue weighted by molar-refractivity contribution is 7.89. The van der Waals surface area contributed by atoms with Crippen LogP contribution in [0.4, 0.5) is 0 Å². The lowest BCUT2D eigenvalue weighted by Crippen LogP contribution is -2.53. The van der Waals surface area contributed by atoms with Crippen molar-refractivity contribution in [1.82, 2.24) is 14.1 Å². The molecule has 0 radical (unpaired) electrons. The minimum Gasteiger partial charge on any atom is -0.468 e. The molecule has 166 valence electrons. The van der Waals surface area contributed by atoms with Crippen LogP contribution in [0.1, 0.15) is 43.0 Å². The number of ether oxygens (including phenoxy) is 1. The molecule has 1 aromatic heterocycles. The smallest absolute Gasteiger partial charge is 0.317 e. The van der Waals surface area contributed by atoms with Crippen LogP contribution in [-0.2, 0) is 32.5 Å². The maximum Gasteiger partial charge on any atom is 0.317 e. The molecule has 1 atom stereocenters. The minimum atomic E-state index is -3.72. The summed E-state index contributed by atoms with van der Waals surface area (Å²) >= 11 is 0. The summed E-state index contributed by atoms with van der Waals surface area (Å²) in [5.74, 6) is -0.394. The van der Waals surface area contributed by atoms with Crippen molar-refractivity contribution >= 4 is 22.1 Å². The molecule has 8 heteroatoms. The number of carbonyl (C=O) groups is 1. The molecule has 2 heterocycles. The normalized spacial score (nSPS) is 21.2. The monoisotopic (exact) mass is 443 g/mol. The van der Waals surface area contributed by atoms with Crippen molar-refractivity contribution in [2.24, 2.45) is 5.41 Å². The number of benzene rings is 1. The molecule has 0 saturated carbocycles. The second-order valence-corrected chi connectivity index (χ2v) is 10.4. The maximum absolute atomic E-state index is 13.3. The Morgan fingerprint density at radius 1 is 1.26 bits per heavy atom. The van der Waals surface area contributed by atoms with Crippen molar-refractivity contribution in [3.63, 3.8) is 0 Å². The summed E-state index contributed by atoms with van der Waals surface area (Å²) in [6.07, 6.45) is 6.82. The van der Waals surface area contributed by atoms with E-state index in [1.165, 1.54) is 11.4 Å². The average Bonchev–Trinajstić information content (AvgIpc) is 3.16. The third-order valence-corrected chi connectivity index (χ3v) is 8.27. The van der Waals surface area contributed by atoms with Crippen LogP contribution in [-0.4, -0.2) is 48.7 Å². The third kappa shape index (κ3) is 3.72. The number of esters is 1. The third-order valence-electron chi connectivity index (χ3n) is 6.41. The summed E-state index contributed by atoms with van der Waals surface area (Å²) in [4.78, 5) is 13.3. The van der Waals surface area contributed by atoms with Crippen molar-refractivity contribution < 1.29 is 17.9 Å². The molecule has 1 aromatic carbocycles. The Hall–Kier alpha value is -2.45. The lowest BCUT2D eigenvalue weighted by molar-refractivity contribution is -0.151. The molecule has 31 heavy (non-hydrogen) atoms. The van der Waals surface area contributed by atoms with Crippen LogP contribution in [0.3, 0.4) is 0 Å². The highest BCUT2D eigenvalue weighted by Crippen LogP contribution is 2.45. The van der Waals surface area contributed by atoms with Crippen LogP contribution in [0.5, 0.6) is 0 Å². The minimum absolute atomic E-state index is 0.0707. The van der Waals surface area contributed by atoms with E-state index in [2.05, 4.69) is 12.0 Å². The summed E-state index contributed by atoms with van der Waals surface area (Å²) in [6, 6.07) is 6.82. The Morgan fingerprint density at radius 3 is 2.68 bits per heavy atom. The lowest BCUT2D eigenvalue weighted by Gasteiger charge is -2.43. The number of aryl methyl sites for hydroxylation is 2. The largest absolute Gasteiger partial charge is 0.468 e. The zero-order chi connectivity index (χ0) is 22.2. The Morgan fingerprint density at radius 2 is 2.00 bits per heavy atom. The quantitative estimate of drug-likeness (QED) is 0.641. The van der Waals surface area contributed by atoms with Crippen molar-refractivity contribution in [1.29, 1.82) is 0 Å². The number of sulfonamides is 1. The number of fused-ring (bicyclic) bond motifs is 2. The zero-order valence-corrected chi connectivity index (χ0v) is 19.1. The van der Waals surface area contributed by atoms with Gasteiger partial charge in [-0.2, -0.15) is 9.40 Å². The first-order chi connectivity index (χ1) is 14.8. The van der Waals surface area contributed by atoms with Crippen LogP contribution >= 0.6 is 0 Å². The number of nitrogens with zero attached hydrogens (tertiary/aromatic N) is 3. The molecular weight excluding hydrogens is 414 g/mol. The van der Waals surface area contributed by atoms with Gasteiger partial charge in [-0.25, -0.2) is 8.42 Å². The fourth-order valence-electron chi connectivity index (χ4n) is 4.59. The molecule has 4 rings (SSSR count). The number of rotatable bonds is 6. The Labute approximate surface area is 183 Å². The Bertz CT molecular complexity index is 1120. The van der Waals surface area contributed by atoms with Crippen molar-refractivity contribution in [2.75, 3.05) is 20.2 Å². The van der Waals surface area contributed by atoms with Gasteiger partial charge in [-0.05, 0) is 55.5 Å². The van der Waals surface area contributed by atoms with Gasteiger partial charge in [0, 0.05) is 19.6 Å². The van der Waals surface area contributed by atoms with E-state index in [0.717, 1.165) is 41.8 Å². The van der Waals surface area contributed by atoms with Crippen LogP contribution in [0.15, 0.2) is 40.9 Å². The van der Waals surface area contributed by atoms with Gasteiger partial charge in [-0.1, -0.05) is 31.0 Å². The van der Waals surface area contributed by atoms with Crippen LogP contribution in [0.25, 0.3) is 6.08 Å². The van der Waals surface area contributed by atoms with Gasteiger partial charge in [0.15, 0.2) is 0 Å². The number of methoxy groups -OCH3 is 1. The molecule has 1 saturated heterocycles. The summed E-state index contributed by atoms with van der Waals surface area (Å²) < 4.78 is 35.3. The van der Waals surface area contributed by atoms with Gasteiger partial charge in [-0.15, -0.1) is 0 Å². The van der Waals surface area contributed by atoms with E-state index in [1.54, 1.807) is 30.5 Å². The molecule has 0 bridgehead atoms. The van der Waals surface area contributed by atoms with Gasteiger partial charge >= 0.3 is 5.97 Å². The summed E-state index contributed by atoms with van der Waals surface area (Å²) in [5.41, 5.74) is 2.89. The van der Waals surface area contributed by atoms with E-state index >= 15 is 0 Å². The van der Waals surface area contributed by atoms with Gasteiger partial charge in [0.05, 0.1) is 23.9 Å². The highest BCUT2D eigenvalue weighted by atomic mass is 32.2. The molecule has 1 fully saturated rings. The first kappa shape index (κ1) is 21.8. The molecule has 2 aliphatic rings. The topological polar surface area (TPSA) is 81.5 Å². The fourth-order valence-corrected chi connectivity index (χ4v) is 6.09. The Balaban J connectivity index is 1.71. The second-order valence-electron chi connectivity index (χ2n) is 8.45. The predicted molar refractivity (Wildman–Crippen MR) is 118 cm³/mol. The number of hydrogen-bond acceptors (Lipinski definition) is 5. The first-order valence-corrected chi connectivity index (χ1v) is 12.2. The SMILES string of the molecule is CCCCn1ncc2c1C=C1CCN(S(=O)(=O)c3ccc(C)cc3)C[C@@]1(C(=O)OC)C2. The van der Waals surface area contributed by atoms with Gasteiger partial charge < -0.3 is 4.74 Å². The van der Waals surface area contributed by atoms with Gasteiger partial charge in [0.25, 0.3) is 0 Å². The maximum atomic E-state index is 13.3. The molecule has 7 nitrogen and oxygen atoms in total. The van der Waals surface area contributed by atoms with Crippen molar-refractivity contribution in [2.45, 2.75) is 51.0 Å². The highest BCUT2D eigenvalue weighted by Gasteiger charge is 2.51. The van der Waals surface area contributed by atoms with Gasteiger partial charge in [-0.3, -0.25) is 9.48 Å². The average molecular weight is 444 g/mol. The van der Waals surface area contributed by atoms with E-state index in [-0.39, 0.29) is 11.4 Å². The lowest BCUT2D eigenvalue weighted by atomic mass is 9.69. The van der Waals surface area contributed by atoms with E-state index in [9.17, 15) is 13.2 Å². The standard InChI is InChI=1S/C23H29N3O4S/c1-4-5-11-26-21-13-19-10-12-25(31(28,29)20-8-6-17(2)7-9-20)16-23(19,22(27)30-3)14-18(21)15-24-26/h6-9,13,15H,4-5,10-12,14,16H2,1-3H3/t23-/m0/s1. The molecule has 0 amide bonds. The van der Waals surface area contributed by atoms with Crippen LogP contribution in [0.2, 0.25) is 0 Å². The zero-order valence-electron chi connectivity index (χ0n) is 18.3. The predicted octanol–water partition coefficient (Wildman–Crippen LogP) is 3.19. The van der Waals surface area contributed by atoms with E-state index in [1.807, 2.05) is 17.7 Å². The van der Waals surface area contributed by atoms with Crippen LogP contribution < -0.4 is 0 Å². The molecule has 0 spiro atoms. The molecule has 1 aliphatic carbocycles. The summed E-state index contributed by atoms with van der Waals surface area (Å²) in [6.45, 7) is 5.29. The molecular formula is C23H29N3O4S. The van der Waals surface area contributed by atoms with Gasteiger partial charge in [0.2, 0.25) is 10.0 Å². The molecule has 2 aromatic rings. The molecule has 1 aliphatic heterocycles. The summed E-state index contributed by atoms with van der Waals surface area (Å²) in [5, 5.41) is 4.52. The first-order valence-electron chi connectivity index (χ1n) is 10.7. The molecule has 0 unspecified atom stereocenters. The van der Waals surface area contributed by atoms with Crippen molar-refractivity contribution in [3.05, 3.63) is 52.9 Å². The van der Waals surface area contributed by atoms with Gasteiger partial charge in [0.1, 0.15) is 5.41 Å². The van der Waals surface area contributed by atoms with E-state index < -0.39 is 21.4 Å². The summed E-state index contributed by atoms with van der Waals surface area (Å²) in [7, 11) is -2.35. The van der Waals surface area contributed by atoms with E-state index in [4.69, 9.17) is 4.74 Å².